The average molecular weight is 321 g/mol. The lowest BCUT2D eigenvalue weighted by Gasteiger charge is -2.45. The van der Waals surface area contributed by atoms with Crippen LogP contribution in [0.4, 0.5) is 4.39 Å². The van der Waals surface area contributed by atoms with Gasteiger partial charge in [0.2, 0.25) is 0 Å². The molecule has 0 bridgehead atoms. The minimum atomic E-state index is -1.81. The lowest BCUT2D eigenvalue weighted by atomic mass is 9.66. The molecule has 124 valence electrons. The molecular formula is C16H20FN3O3. The molecule has 2 unspecified atom stereocenters. The molecule has 2 N–H and O–H groups in total. The second kappa shape index (κ2) is 6.08. The molecule has 0 saturated heterocycles. The molecule has 2 rings (SSSR count). The third-order valence-electron chi connectivity index (χ3n) is 4.40. The van der Waals surface area contributed by atoms with Crippen LogP contribution in [0.3, 0.4) is 0 Å². The second-order valence-corrected chi connectivity index (χ2v) is 6.00. The van der Waals surface area contributed by atoms with Crippen LogP contribution in [0, 0.1) is 11.2 Å². The Bertz CT molecular complexity index is 670. The molecule has 2 atom stereocenters. The molecule has 0 amide bonds. The molecule has 1 heterocycles. The van der Waals surface area contributed by atoms with Crippen LogP contribution in [0.25, 0.3) is 0 Å². The third-order valence-corrected chi connectivity index (χ3v) is 4.40. The minimum Gasteiger partial charge on any atom is -0.481 e. The summed E-state index contributed by atoms with van der Waals surface area (Å²) < 4.78 is 14.7. The van der Waals surface area contributed by atoms with E-state index in [1.807, 2.05) is 6.92 Å². The Kier molecular flexibility index (Phi) is 4.51. The van der Waals surface area contributed by atoms with Gasteiger partial charge in [0.25, 0.3) is 0 Å². The molecule has 0 aliphatic rings. The normalized spacial score (nSPS) is 15.9. The van der Waals surface area contributed by atoms with E-state index in [1.54, 1.807) is 0 Å². The van der Waals surface area contributed by atoms with Gasteiger partial charge in [-0.25, -0.2) is 14.1 Å². The van der Waals surface area contributed by atoms with Gasteiger partial charge in [-0.05, 0) is 38.0 Å². The van der Waals surface area contributed by atoms with Crippen LogP contribution in [-0.2, 0) is 10.4 Å². The van der Waals surface area contributed by atoms with Crippen LogP contribution in [0.2, 0.25) is 0 Å². The highest BCUT2D eigenvalue weighted by Crippen LogP contribution is 2.48. The molecule has 0 saturated carbocycles. The maximum absolute atomic E-state index is 13.3. The number of hydrogen-bond donors (Lipinski definition) is 2. The number of aliphatic hydroxyl groups is 1. The summed E-state index contributed by atoms with van der Waals surface area (Å²) in [4.78, 5) is 15.7. The van der Waals surface area contributed by atoms with Crippen molar-refractivity contribution in [3.05, 3.63) is 48.3 Å². The zero-order chi connectivity index (χ0) is 17.3. The maximum Gasteiger partial charge on any atom is 0.312 e. The fraction of sp³-hybridized carbons (Fsp3) is 0.438. The predicted octanol–water partition coefficient (Wildman–Crippen LogP) is 2.37. The van der Waals surface area contributed by atoms with Crippen molar-refractivity contribution < 1.29 is 19.4 Å². The Morgan fingerprint density at radius 2 is 1.96 bits per heavy atom. The van der Waals surface area contributed by atoms with E-state index in [0.29, 0.717) is 12.0 Å². The molecule has 7 heteroatoms. The van der Waals surface area contributed by atoms with Gasteiger partial charge in [0, 0.05) is 0 Å². The highest BCUT2D eigenvalue weighted by atomic mass is 19.1. The van der Waals surface area contributed by atoms with Crippen molar-refractivity contribution in [2.45, 2.75) is 38.8 Å². The van der Waals surface area contributed by atoms with E-state index in [9.17, 15) is 19.4 Å². The first-order valence-electron chi connectivity index (χ1n) is 7.31. The first-order chi connectivity index (χ1) is 10.7. The molecule has 23 heavy (non-hydrogen) atoms. The third kappa shape index (κ3) is 2.72. The summed E-state index contributed by atoms with van der Waals surface area (Å²) >= 11 is 0. The molecule has 6 nitrogen and oxygen atoms in total. The molecule has 2 aromatic rings. The van der Waals surface area contributed by atoms with Crippen LogP contribution in [0.1, 0.15) is 38.8 Å². The summed E-state index contributed by atoms with van der Waals surface area (Å²) in [6.45, 7) is 4.70. The van der Waals surface area contributed by atoms with Gasteiger partial charge in [-0.2, -0.15) is 5.10 Å². The van der Waals surface area contributed by atoms with Gasteiger partial charge < -0.3 is 10.2 Å². The highest BCUT2D eigenvalue weighted by molar-refractivity contribution is 5.76. The molecule has 0 fully saturated rings. The Balaban J connectivity index is 2.68. The largest absolute Gasteiger partial charge is 0.481 e. The fourth-order valence-corrected chi connectivity index (χ4v) is 2.89. The van der Waals surface area contributed by atoms with E-state index in [1.165, 1.54) is 55.4 Å². The Morgan fingerprint density at radius 1 is 1.35 bits per heavy atom. The van der Waals surface area contributed by atoms with E-state index < -0.39 is 28.8 Å². The van der Waals surface area contributed by atoms with E-state index in [2.05, 4.69) is 10.1 Å². The molecule has 1 aromatic heterocycles. The molecular weight excluding hydrogens is 301 g/mol. The van der Waals surface area contributed by atoms with Crippen molar-refractivity contribution in [1.82, 2.24) is 14.8 Å². The van der Waals surface area contributed by atoms with Crippen LogP contribution in [-0.4, -0.2) is 30.9 Å². The van der Waals surface area contributed by atoms with Crippen molar-refractivity contribution >= 4 is 5.97 Å². The average Bonchev–Trinajstić information content (AvgIpc) is 3.02. The number of hydrogen-bond acceptors (Lipinski definition) is 4. The topological polar surface area (TPSA) is 88.2 Å². The molecule has 1 aromatic carbocycles. The molecule has 0 spiro atoms. The van der Waals surface area contributed by atoms with Crippen LogP contribution in [0.5, 0.6) is 0 Å². The van der Waals surface area contributed by atoms with Gasteiger partial charge in [-0.3, -0.25) is 4.79 Å². The second-order valence-electron chi connectivity index (χ2n) is 6.00. The van der Waals surface area contributed by atoms with E-state index in [4.69, 9.17) is 0 Å². The Morgan fingerprint density at radius 3 is 2.39 bits per heavy atom. The number of nitrogens with zero attached hydrogens (tertiary/aromatic N) is 3. The van der Waals surface area contributed by atoms with Gasteiger partial charge in [-0.1, -0.05) is 19.1 Å². The van der Waals surface area contributed by atoms with Crippen LogP contribution in [0.15, 0.2) is 36.9 Å². The number of carboxylic acid groups (broad SMARTS) is 1. The summed E-state index contributed by atoms with van der Waals surface area (Å²) in [7, 11) is 0. The van der Waals surface area contributed by atoms with E-state index in [-0.39, 0.29) is 0 Å². The lowest BCUT2D eigenvalue weighted by molar-refractivity contribution is -0.175. The quantitative estimate of drug-likeness (QED) is 0.853. The first kappa shape index (κ1) is 17.1. The summed E-state index contributed by atoms with van der Waals surface area (Å²) in [5, 5.41) is 25.2. The number of aliphatic carboxylic acids is 1. The monoisotopic (exact) mass is 321 g/mol. The van der Waals surface area contributed by atoms with Gasteiger partial charge in [0.1, 0.15) is 24.1 Å². The fourth-order valence-electron chi connectivity index (χ4n) is 2.89. The predicted molar refractivity (Wildman–Crippen MR) is 81.1 cm³/mol. The number of carbonyl (C=O) groups is 1. The SMILES string of the molecule is CCC(n1cncn1)C(O)(c1ccc(F)cc1)C(C)(C)C(=O)O. The van der Waals surface area contributed by atoms with Crippen molar-refractivity contribution in [3.8, 4) is 0 Å². The van der Waals surface area contributed by atoms with Gasteiger partial charge in [-0.15, -0.1) is 0 Å². The number of rotatable bonds is 6. The van der Waals surface area contributed by atoms with Gasteiger partial charge in [0.15, 0.2) is 0 Å². The van der Waals surface area contributed by atoms with Crippen LogP contribution >= 0.6 is 0 Å². The summed E-state index contributed by atoms with van der Waals surface area (Å²) in [5.74, 6) is -1.62. The van der Waals surface area contributed by atoms with E-state index in [0.717, 1.165) is 0 Å². The summed E-state index contributed by atoms with van der Waals surface area (Å²) in [6, 6.07) is 4.53. The van der Waals surface area contributed by atoms with Crippen molar-refractivity contribution in [3.63, 3.8) is 0 Å². The molecule has 0 aliphatic carbocycles. The Labute approximate surface area is 133 Å². The van der Waals surface area contributed by atoms with Crippen molar-refractivity contribution in [2.24, 2.45) is 5.41 Å². The van der Waals surface area contributed by atoms with Crippen molar-refractivity contribution in [2.75, 3.05) is 0 Å². The lowest BCUT2D eigenvalue weighted by Crippen LogP contribution is -2.52. The summed E-state index contributed by atoms with van der Waals surface area (Å²) in [5.41, 5.74) is -3.04. The number of carboxylic acids is 1. The smallest absolute Gasteiger partial charge is 0.312 e. The number of aromatic nitrogens is 3. The minimum absolute atomic E-state index is 0.314. The standard InChI is InChI=1S/C16H20FN3O3/c1-4-13(20-10-18-9-19-20)16(23,15(2,3)14(21)22)11-5-7-12(17)8-6-11/h5-10,13,23H,4H2,1-3H3,(H,21,22). The van der Waals surface area contributed by atoms with E-state index >= 15 is 0 Å². The maximum atomic E-state index is 13.3. The number of halogens is 1. The zero-order valence-electron chi connectivity index (χ0n) is 13.3. The van der Waals surface area contributed by atoms with Crippen LogP contribution < -0.4 is 0 Å². The van der Waals surface area contributed by atoms with Crippen molar-refractivity contribution in [1.29, 1.82) is 0 Å². The first-order valence-corrected chi connectivity index (χ1v) is 7.31. The zero-order valence-corrected chi connectivity index (χ0v) is 13.3. The van der Waals surface area contributed by atoms with Gasteiger partial charge in [0.05, 0.1) is 11.5 Å². The molecule has 0 aliphatic heterocycles. The summed E-state index contributed by atoms with van der Waals surface area (Å²) in [6.07, 6.45) is 3.16. The van der Waals surface area contributed by atoms with Gasteiger partial charge >= 0.3 is 5.97 Å². The number of benzene rings is 1. The molecule has 0 radical (unpaired) electrons. The Hall–Kier alpha value is -2.28. The highest BCUT2D eigenvalue weighted by Gasteiger charge is 2.55.